The minimum absolute atomic E-state index is 0.245. The summed E-state index contributed by atoms with van der Waals surface area (Å²) in [7, 11) is 0. The Hall–Kier alpha value is -3.38. The molecule has 4 aromatic rings. The van der Waals surface area contributed by atoms with Gasteiger partial charge >= 0.3 is 0 Å². The van der Waals surface area contributed by atoms with E-state index < -0.39 is 0 Å². The quantitative estimate of drug-likeness (QED) is 0.414. The Bertz CT molecular complexity index is 1220. The average molecular weight is 438 g/mol. The summed E-state index contributed by atoms with van der Waals surface area (Å²) >= 11 is 6.41. The number of hydrogen-bond donors (Lipinski definition) is 1. The SMILES string of the molecule is Cc1nn(Cc2ccc(F)cc2)c(Cl)c1C(=O)NCCOc1cccc2ccccc12. The van der Waals surface area contributed by atoms with E-state index in [1.807, 2.05) is 42.5 Å². The summed E-state index contributed by atoms with van der Waals surface area (Å²) in [4.78, 5) is 12.7. The Morgan fingerprint density at radius 1 is 1.10 bits per heavy atom. The van der Waals surface area contributed by atoms with Crippen LogP contribution in [-0.2, 0) is 6.54 Å². The predicted molar refractivity (Wildman–Crippen MR) is 119 cm³/mol. The minimum atomic E-state index is -0.311. The van der Waals surface area contributed by atoms with Crippen LogP contribution in [0, 0.1) is 12.7 Å². The molecule has 0 fully saturated rings. The molecule has 0 saturated heterocycles. The molecule has 1 aromatic heterocycles. The van der Waals surface area contributed by atoms with Gasteiger partial charge in [0.1, 0.15) is 23.3 Å². The Morgan fingerprint density at radius 2 is 1.84 bits per heavy atom. The lowest BCUT2D eigenvalue weighted by atomic mass is 10.1. The number of fused-ring (bicyclic) bond motifs is 1. The fraction of sp³-hybridized carbons (Fsp3) is 0.167. The molecule has 31 heavy (non-hydrogen) atoms. The van der Waals surface area contributed by atoms with Gasteiger partial charge in [0.25, 0.3) is 5.91 Å². The molecule has 0 bridgehead atoms. The van der Waals surface area contributed by atoms with Crippen LogP contribution < -0.4 is 10.1 Å². The number of halogens is 2. The number of carbonyl (C=O) groups is 1. The first kappa shape index (κ1) is 20.9. The molecule has 0 aliphatic heterocycles. The van der Waals surface area contributed by atoms with E-state index in [2.05, 4.69) is 10.4 Å². The first-order chi connectivity index (χ1) is 15.0. The van der Waals surface area contributed by atoms with E-state index in [-0.39, 0.29) is 16.9 Å². The molecule has 0 aliphatic rings. The topological polar surface area (TPSA) is 56.2 Å². The number of benzene rings is 3. The van der Waals surface area contributed by atoms with Crippen molar-refractivity contribution in [3.05, 3.63) is 94.5 Å². The van der Waals surface area contributed by atoms with Crippen LogP contribution >= 0.6 is 11.6 Å². The van der Waals surface area contributed by atoms with E-state index in [1.54, 1.807) is 19.1 Å². The van der Waals surface area contributed by atoms with E-state index in [1.165, 1.54) is 16.8 Å². The number of nitrogens with one attached hydrogen (secondary N) is 1. The Labute approximate surface area is 184 Å². The molecule has 0 aliphatic carbocycles. The summed E-state index contributed by atoms with van der Waals surface area (Å²) in [5, 5.41) is 9.56. The number of amides is 1. The second kappa shape index (κ2) is 9.18. The second-order valence-corrected chi connectivity index (χ2v) is 7.47. The molecule has 3 aromatic carbocycles. The smallest absolute Gasteiger partial charge is 0.256 e. The summed E-state index contributed by atoms with van der Waals surface area (Å²) in [6.07, 6.45) is 0. The number of aromatic nitrogens is 2. The zero-order valence-corrected chi connectivity index (χ0v) is 17.7. The minimum Gasteiger partial charge on any atom is -0.491 e. The molecule has 1 heterocycles. The molecular weight excluding hydrogens is 417 g/mol. The van der Waals surface area contributed by atoms with Gasteiger partial charge in [-0.05, 0) is 36.1 Å². The maximum absolute atomic E-state index is 13.1. The van der Waals surface area contributed by atoms with Crippen LogP contribution in [0.2, 0.25) is 5.15 Å². The third-order valence-corrected chi connectivity index (χ3v) is 5.32. The van der Waals surface area contributed by atoms with Crippen LogP contribution in [-0.4, -0.2) is 28.8 Å². The van der Waals surface area contributed by atoms with E-state index in [4.69, 9.17) is 16.3 Å². The third-order valence-electron chi connectivity index (χ3n) is 4.93. The van der Waals surface area contributed by atoms with Crippen LogP contribution in [0.25, 0.3) is 10.8 Å². The summed E-state index contributed by atoms with van der Waals surface area (Å²) in [5.74, 6) is 0.153. The summed E-state index contributed by atoms with van der Waals surface area (Å²) in [6.45, 7) is 2.72. The van der Waals surface area contributed by atoms with E-state index in [0.29, 0.717) is 31.0 Å². The van der Waals surface area contributed by atoms with Gasteiger partial charge < -0.3 is 10.1 Å². The van der Waals surface area contributed by atoms with E-state index in [9.17, 15) is 9.18 Å². The van der Waals surface area contributed by atoms with Crippen molar-refractivity contribution in [2.24, 2.45) is 0 Å². The van der Waals surface area contributed by atoms with Crippen molar-refractivity contribution < 1.29 is 13.9 Å². The van der Waals surface area contributed by atoms with Crippen molar-refractivity contribution >= 4 is 28.3 Å². The maximum Gasteiger partial charge on any atom is 0.256 e. The van der Waals surface area contributed by atoms with Gasteiger partial charge in [-0.25, -0.2) is 9.07 Å². The van der Waals surface area contributed by atoms with Crippen molar-refractivity contribution in [2.75, 3.05) is 13.2 Å². The molecule has 1 amide bonds. The van der Waals surface area contributed by atoms with Crippen molar-refractivity contribution in [1.82, 2.24) is 15.1 Å². The third kappa shape index (κ3) is 4.70. The molecule has 0 saturated carbocycles. The number of nitrogens with zero attached hydrogens (tertiary/aromatic N) is 2. The fourth-order valence-corrected chi connectivity index (χ4v) is 3.73. The van der Waals surface area contributed by atoms with Crippen molar-refractivity contribution in [1.29, 1.82) is 0 Å². The van der Waals surface area contributed by atoms with Gasteiger partial charge in [0.15, 0.2) is 0 Å². The monoisotopic (exact) mass is 437 g/mol. The van der Waals surface area contributed by atoms with Gasteiger partial charge in [-0.2, -0.15) is 5.10 Å². The lowest BCUT2D eigenvalue weighted by molar-refractivity contribution is 0.0946. The van der Waals surface area contributed by atoms with Gasteiger partial charge in [-0.3, -0.25) is 4.79 Å². The lowest BCUT2D eigenvalue weighted by Gasteiger charge is -2.10. The van der Waals surface area contributed by atoms with Crippen LogP contribution in [0.15, 0.2) is 66.7 Å². The van der Waals surface area contributed by atoms with Crippen molar-refractivity contribution in [3.8, 4) is 5.75 Å². The molecule has 0 radical (unpaired) electrons. The first-order valence-corrected chi connectivity index (χ1v) is 10.3. The first-order valence-electron chi connectivity index (χ1n) is 9.89. The molecule has 0 spiro atoms. The summed E-state index contributed by atoms with van der Waals surface area (Å²) in [6, 6.07) is 19.9. The number of rotatable bonds is 7. The second-order valence-electron chi connectivity index (χ2n) is 7.12. The van der Waals surface area contributed by atoms with Crippen LogP contribution in [0.5, 0.6) is 5.75 Å². The number of carbonyl (C=O) groups excluding carboxylic acids is 1. The zero-order chi connectivity index (χ0) is 21.8. The van der Waals surface area contributed by atoms with Gasteiger partial charge in [0, 0.05) is 5.39 Å². The highest BCUT2D eigenvalue weighted by Gasteiger charge is 2.20. The largest absolute Gasteiger partial charge is 0.491 e. The molecular formula is C24H21ClFN3O2. The van der Waals surface area contributed by atoms with Crippen LogP contribution in [0.3, 0.4) is 0 Å². The molecule has 4 rings (SSSR count). The predicted octanol–water partition coefficient (Wildman–Crippen LogP) is 4.99. The van der Waals surface area contributed by atoms with Gasteiger partial charge in [-0.15, -0.1) is 0 Å². The van der Waals surface area contributed by atoms with Gasteiger partial charge in [0.05, 0.1) is 24.3 Å². The Balaban J connectivity index is 1.37. The fourth-order valence-electron chi connectivity index (χ4n) is 3.41. The van der Waals surface area contributed by atoms with Crippen LogP contribution in [0.4, 0.5) is 4.39 Å². The van der Waals surface area contributed by atoms with Gasteiger partial charge in [-0.1, -0.05) is 60.1 Å². The summed E-state index contributed by atoms with van der Waals surface area (Å²) < 4.78 is 20.5. The number of aryl methyl sites for hydroxylation is 1. The average Bonchev–Trinajstić information content (AvgIpc) is 3.05. The highest BCUT2D eigenvalue weighted by molar-refractivity contribution is 6.33. The molecule has 0 unspecified atom stereocenters. The standard InChI is InChI=1S/C24H21ClFN3O2/c1-16-22(23(25)29(28-16)15-17-9-11-19(26)12-10-17)24(30)27-13-14-31-21-8-4-6-18-5-2-3-7-20(18)21/h2-12H,13-15H2,1H3,(H,27,30). The molecule has 7 heteroatoms. The maximum atomic E-state index is 13.1. The Kier molecular flexibility index (Phi) is 6.18. The van der Waals surface area contributed by atoms with E-state index in [0.717, 1.165) is 22.1 Å². The van der Waals surface area contributed by atoms with Crippen LogP contribution in [0.1, 0.15) is 21.6 Å². The van der Waals surface area contributed by atoms with E-state index >= 15 is 0 Å². The van der Waals surface area contributed by atoms with Gasteiger partial charge in [0.2, 0.25) is 0 Å². The zero-order valence-electron chi connectivity index (χ0n) is 16.9. The highest BCUT2D eigenvalue weighted by Crippen LogP contribution is 2.25. The summed E-state index contributed by atoms with van der Waals surface area (Å²) in [5.41, 5.74) is 1.69. The number of ether oxygens (including phenoxy) is 1. The number of hydrogen-bond acceptors (Lipinski definition) is 3. The lowest BCUT2D eigenvalue weighted by Crippen LogP contribution is -2.28. The highest BCUT2D eigenvalue weighted by atomic mass is 35.5. The molecule has 0 atom stereocenters. The van der Waals surface area contributed by atoms with Crippen molar-refractivity contribution in [2.45, 2.75) is 13.5 Å². The van der Waals surface area contributed by atoms with Crippen molar-refractivity contribution in [3.63, 3.8) is 0 Å². The molecule has 5 nitrogen and oxygen atoms in total. The molecule has 1 N–H and O–H groups in total. The normalized spacial score (nSPS) is 10.9. The molecule has 158 valence electrons. The Morgan fingerprint density at radius 3 is 2.65 bits per heavy atom.